The van der Waals surface area contributed by atoms with Crippen LogP contribution in [0.3, 0.4) is 0 Å². The van der Waals surface area contributed by atoms with Gasteiger partial charge in [0.05, 0.1) is 5.56 Å². The molecule has 0 heterocycles. The summed E-state index contributed by atoms with van der Waals surface area (Å²) in [6.45, 7) is 2.14. The summed E-state index contributed by atoms with van der Waals surface area (Å²) in [4.78, 5) is 12.5. The van der Waals surface area contributed by atoms with Crippen LogP contribution < -0.4 is 4.74 Å². The normalized spacial score (nSPS) is 10.9. The maximum atomic E-state index is 13.7. The number of aryl methyl sites for hydroxylation is 1. The minimum absolute atomic E-state index is 0.259. The van der Waals surface area contributed by atoms with Crippen molar-refractivity contribution in [1.82, 2.24) is 0 Å². The van der Waals surface area contributed by atoms with Gasteiger partial charge in [-0.1, -0.05) is 49.7 Å². The van der Waals surface area contributed by atoms with Gasteiger partial charge in [-0.05, 0) is 45.7 Å². The number of carbonyl (C=O) groups excluding carboxylic acids is 1. The molecule has 3 nitrogen and oxygen atoms in total. The molecule has 0 aliphatic heterocycles. The molecule has 0 aliphatic rings. The molecule has 0 saturated carbocycles. The van der Waals surface area contributed by atoms with Gasteiger partial charge in [-0.15, -0.1) is 0 Å². The third-order valence-electron chi connectivity index (χ3n) is 5.01. The Kier molecular flexibility index (Phi) is 5.16. The van der Waals surface area contributed by atoms with Crippen LogP contribution in [0.2, 0.25) is 0 Å². The fraction of sp³-hybridized carbons (Fsp3) is 0.120. The maximum Gasteiger partial charge on any atom is 0.343 e. The molecule has 0 aromatic heterocycles. The Morgan fingerprint density at radius 2 is 1.57 bits per heavy atom. The fourth-order valence-electron chi connectivity index (χ4n) is 3.57. The first-order chi connectivity index (χ1) is 14.5. The van der Waals surface area contributed by atoms with Crippen LogP contribution in [-0.2, 0) is 6.42 Å². The number of halogens is 2. The molecule has 0 bridgehead atoms. The standard InChI is InChI=1S/C25H17F2NO2/c1-2-3-15-4-8-20-16(10-15)5-6-17-11-18(7-9-21(17)20)25(29)30-19-12-23(26)22(14-28)24(27)13-19/h4-13H,2-3H2,1H3. The first-order valence-corrected chi connectivity index (χ1v) is 9.57. The van der Waals surface area contributed by atoms with E-state index < -0.39 is 23.2 Å². The van der Waals surface area contributed by atoms with E-state index in [1.54, 1.807) is 12.1 Å². The first-order valence-electron chi connectivity index (χ1n) is 9.57. The van der Waals surface area contributed by atoms with E-state index in [2.05, 4.69) is 25.1 Å². The summed E-state index contributed by atoms with van der Waals surface area (Å²) in [6.07, 6.45) is 2.10. The van der Waals surface area contributed by atoms with Crippen LogP contribution in [0, 0.1) is 23.0 Å². The molecule has 4 rings (SSSR count). The zero-order chi connectivity index (χ0) is 21.3. The van der Waals surface area contributed by atoms with Gasteiger partial charge in [0.2, 0.25) is 0 Å². The van der Waals surface area contributed by atoms with Crippen molar-refractivity contribution >= 4 is 27.5 Å². The summed E-state index contributed by atoms with van der Waals surface area (Å²) < 4.78 is 32.6. The topological polar surface area (TPSA) is 50.1 Å². The lowest BCUT2D eigenvalue weighted by Crippen LogP contribution is -2.09. The Balaban J connectivity index is 1.66. The number of nitriles is 1. The van der Waals surface area contributed by atoms with Gasteiger partial charge in [0, 0.05) is 12.1 Å². The SMILES string of the molecule is CCCc1ccc2c(ccc3cc(C(=O)Oc4cc(F)c(C#N)c(F)c4)ccc32)c1. The summed E-state index contributed by atoms with van der Waals surface area (Å²) in [5.41, 5.74) is 0.829. The summed E-state index contributed by atoms with van der Waals surface area (Å²) >= 11 is 0. The van der Waals surface area contributed by atoms with Crippen LogP contribution in [0.25, 0.3) is 21.5 Å². The van der Waals surface area contributed by atoms with Crippen molar-refractivity contribution in [2.45, 2.75) is 19.8 Å². The number of esters is 1. The molecule has 0 atom stereocenters. The number of ether oxygens (including phenoxy) is 1. The van der Waals surface area contributed by atoms with Crippen molar-refractivity contribution in [3.8, 4) is 11.8 Å². The van der Waals surface area contributed by atoms with Crippen LogP contribution in [0.15, 0.2) is 60.7 Å². The molecule has 5 heteroatoms. The van der Waals surface area contributed by atoms with E-state index in [1.165, 1.54) is 11.6 Å². The predicted octanol–water partition coefficient (Wildman–Crippen LogP) is 6.31. The second-order valence-electron chi connectivity index (χ2n) is 7.07. The predicted molar refractivity (Wildman–Crippen MR) is 111 cm³/mol. The van der Waals surface area contributed by atoms with Gasteiger partial charge >= 0.3 is 5.97 Å². The molecule has 4 aromatic carbocycles. The van der Waals surface area contributed by atoms with Crippen molar-refractivity contribution in [3.05, 3.63) is 89.0 Å². The molecule has 30 heavy (non-hydrogen) atoms. The highest BCUT2D eigenvalue weighted by Crippen LogP contribution is 2.28. The van der Waals surface area contributed by atoms with Gasteiger partial charge in [-0.3, -0.25) is 0 Å². The number of carbonyl (C=O) groups is 1. The fourth-order valence-corrected chi connectivity index (χ4v) is 3.57. The molecule has 0 saturated heterocycles. The van der Waals surface area contributed by atoms with Gasteiger partial charge in [0.15, 0.2) is 0 Å². The molecule has 0 radical (unpaired) electrons. The van der Waals surface area contributed by atoms with Gasteiger partial charge in [0.25, 0.3) is 0 Å². The summed E-state index contributed by atoms with van der Waals surface area (Å²) in [6, 6.07) is 18.5. The number of nitrogens with zero attached hydrogens (tertiary/aromatic N) is 1. The number of fused-ring (bicyclic) bond motifs is 3. The lowest BCUT2D eigenvalue weighted by molar-refractivity contribution is 0.0734. The molecule has 0 spiro atoms. The van der Waals surface area contributed by atoms with Crippen molar-refractivity contribution in [1.29, 1.82) is 5.26 Å². The van der Waals surface area contributed by atoms with Crippen LogP contribution in [0.5, 0.6) is 5.75 Å². The second-order valence-corrected chi connectivity index (χ2v) is 7.07. The molecule has 0 aliphatic carbocycles. The maximum absolute atomic E-state index is 13.7. The second kappa shape index (κ2) is 7.92. The van der Waals surface area contributed by atoms with Gasteiger partial charge in [0.1, 0.15) is 29.0 Å². The molecule has 0 unspecified atom stereocenters. The van der Waals surface area contributed by atoms with Crippen LogP contribution in [0.1, 0.15) is 34.8 Å². The number of rotatable bonds is 4. The van der Waals surface area contributed by atoms with Crippen molar-refractivity contribution in [3.63, 3.8) is 0 Å². The lowest BCUT2D eigenvalue weighted by Gasteiger charge is -2.09. The van der Waals surface area contributed by atoms with Crippen molar-refractivity contribution in [2.24, 2.45) is 0 Å². The van der Waals surface area contributed by atoms with Gasteiger partial charge in [-0.2, -0.15) is 5.26 Å². The highest BCUT2D eigenvalue weighted by Gasteiger charge is 2.15. The Morgan fingerprint density at radius 1 is 0.933 bits per heavy atom. The van der Waals surface area contributed by atoms with Crippen LogP contribution in [-0.4, -0.2) is 5.97 Å². The summed E-state index contributed by atoms with van der Waals surface area (Å²) in [5, 5.41) is 12.8. The number of hydrogen-bond acceptors (Lipinski definition) is 3. The first kappa shape index (κ1) is 19.5. The average molecular weight is 401 g/mol. The van der Waals surface area contributed by atoms with Crippen molar-refractivity contribution < 1.29 is 18.3 Å². The van der Waals surface area contributed by atoms with E-state index >= 15 is 0 Å². The summed E-state index contributed by atoms with van der Waals surface area (Å²) in [5.74, 6) is -3.18. The lowest BCUT2D eigenvalue weighted by atomic mass is 9.97. The highest BCUT2D eigenvalue weighted by molar-refractivity contribution is 6.09. The quantitative estimate of drug-likeness (QED) is 0.229. The van der Waals surface area contributed by atoms with E-state index in [0.29, 0.717) is 0 Å². The minimum Gasteiger partial charge on any atom is -0.423 e. The Labute approximate surface area is 172 Å². The Bertz CT molecular complexity index is 1320. The van der Waals surface area contributed by atoms with E-state index in [4.69, 9.17) is 10.00 Å². The zero-order valence-electron chi connectivity index (χ0n) is 16.2. The largest absolute Gasteiger partial charge is 0.423 e. The third-order valence-corrected chi connectivity index (χ3v) is 5.01. The van der Waals surface area contributed by atoms with E-state index in [-0.39, 0.29) is 11.3 Å². The zero-order valence-corrected chi connectivity index (χ0v) is 16.2. The molecule has 4 aromatic rings. The third kappa shape index (κ3) is 3.60. The number of benzene rings is 4. The summed E-state index contributed by atoms with van der Waals surface area (Å²) in [7, 11) is 0. The monoisotopic (exact) mass is 401 g/mol. The molecule has 148 valence electrons. The van der Waals surface area contributed by atoms with E-state index in [0.717, 1.165) is 46.5 Å². The van der Waals surface area contributed by atoms with Crippen LogP contribution in [0.4, 0.5) is 8.78 Å². The molecule has 0 amide bonds. The average Bonchev–Trinajstić information content (AvgIpc) is 2.73. The highest BCUT2D eigenvalue weighted by atomic mass is 19.1. The van der Waals surface area contributed by atoms with Gasteiger partial charge in [-0.25, -0.2) is 13.6 Å². The Hall–Kier alpha value is -3.78. The molecular formula is C25H17F2NO2. The number of hydrogen-bond donors (Lipinski definition) is 0. The Morgan fingerprint density at radius 3 is 2.20 bits per heavy atom. The molecule has 0 fully saturated rings. The molecule has 0 N–H and O–H groups in total. The minimum atomic E-state index is -1.08. The van der Waals surface area contributed by atoms with E-state index in [9.17, 15) is 13.6 Å². The van der Waals surface area contributed by atoms with Crippen molar-refractivity contribution in [2.75, 3.05) is 0 Å². The van der Waals surface area contributed by atoms with Gasteiger partial charge < -0.3 is 4.74 Å². The van der Waals surface area contributed by atoms with E-state index in [1.807, 2.05) is 18.2 Å². The molecular weight excluding hydrogens is 384 g/mol. The smallest absolute Gasteiger partial charge is 0.343 e. The van der Waals surface area contributed by atoms with Crippen LogP contribution >= 0.6 is 0 Å².